The van der Waals surface area contributed by atoms with Crippen molar-refractivity contribution in [3.05, 3.63) is 69.5 Å². The van der Waals surface area contributed by atoms with Gasteiger partial charge in [-0.3, -0.25) is 4.79 Å². The van der Waals surface area contributed by atoms with E-state index in [-0.39, 0.29) is 12.2 Å². The van der Waals surface area contributed by atoms with Gasteiger partial charge in [-0.05, 0) is 47.9 Å². The quantitative estimate of drug-likeness (QED) is 0.899. The van der Waals surface area contributed by atoms with E-state index < -0.39 is 11.9 Å². The lowest BCUT2D eigenvalue weighted by Crippen LogP contribution is -2.15. The van der Waals surface area contributed by atoms with Crippen LogP contribution in [0.3, 0.4) is 0 Å². The van der Waals surface area contributed by atoms with Crippen LogP contribution in [-0.2, 0) is 11.2 Å². The average molecular weight is 313 g/mol. The van der Waals surface area contributed by atoms with Crippen molar-refractivity contribution in [2.45, 2.75) is 12.3 Å². The van der Waals surface area contributed by atoms with Gasteiger partial charge in [0.25, 0.3) is 0 Å². The number of hydrogen-bond donors (Lipinski definition) is 1. The zero-order valence-electron chi connectivity index (χ0n) is 10.3. The van der Waals surface area contributed by atoms with Crippen LogP contribution in [0.15, 0.2) is 42.5 Å². The van der Waals surface area contributed by atoms with Crippen molar-refractivity contribution in [1.82, 2.24) is 0 Å². The number of rotatable bonds is 4. The van der Waals surface area contributed by atoms with Gasteiger partial charge >= 0.3 is 5.97 Å². The number of halogens is 3. The van der Waals surface area contributed by atoms with Gasteiger partial charge in [-0.15, -0.1) is 0 Å². The van der Waals surface area contributed by atoms with E-state index in [9.17, 15) is 14.3 Å². The van der Waals surface area contributed by atoms with E-state index >= 15 is 0 Å². The molecule has 0 radical (unpaired) electrons. The molecule has 2 nitrogen and oxygen atoms in total. The van der Waals surface area contributed by atoms with Crippen LogP contribution < -0.4 is 0 Å². The number of hydrogen-bond acceptors (Lipinski definition) is 1. The summed E-state index contributed by atoms with van der Waals surface area (Å²) in [6.07, 6.45) is 0.218. The van der Waals surface area contributed by atoms with Crippen molar-refractivity contribution < 1.29 is 14.3 Å². The Labute approximate surface area is 125 Å². The van der Waals surface area contributed by atoms with E-state index in [4.69, 9.17) is 23.2 Å². The van der Waals surface area contributed by atoms with Crippen LogP contribution in [0.25, 0.3) is 0 Å². The Hall–Kier alpha value is -1.58. The molecule has 2 aromatic carbocycles. The fourth-order valence-electron chi connectivity index (χ4n) is 1.97. The largest absolute Gasteiger partial charge is 0.481 e. The molecular weight excluding hydrogens is 302 g/mol. The molecule has 2 rings (SSSR count). The molecule has 0 aromatic heterocycles. The molecular formula is C15H11Cl2FO2. The molecule has 0 aliphatic carbocycles. The minimum atomic E-state index is -1.00. The number of carbonyl (C=O) groups is 1. The topological polar surface area (TPSA) is 37.3 Å². The van der Waals surface area contributed by atoms with Crippen LogP contribution in [0.2, 0.25) is 10.0 Å². The summed E-state index contributed by atoms with van der Waals surface area (Å²) in [4.78, 5) is 11.5. The second kappa shape index (κ2) is 6.25. The van der Waals surface area contributed by atoms with E-state index in [1.807, 2.05) is 0 Å². The summed E-state index contributed by atoms with van der Waals surface area (Å²) >= 11 is 11.9. The number of aliphatic carboxylic acids is 1. The predicted octanol–water partition coefficient (Wildman–Crippen LogP) is 4.54. The second-order valence-electron chi connectivity index (χ2n) is 4.39. The first-order valence-electron chi connectivity index (χ1n) is 5.89. The molecule has 1 N–H and O–H groups in total. The molecule has 0 heterocycles. The van der Waals surface area contributed by atoms with Gasteiger partial charge in [0.1, 0.15) is 5.82 Å². The SMILES string of the molecule is O=C(O)C(Cc1ccc(F)cc1)c1cc(Cl)ccc1Cl. The molecule has 20 heavy (non-hydrogen) atoms. The third kappa shape index (κ3) is 3.50. The number of carboxylic acids is 1. The zero-order chi connectivity index (χ0) is 14.7. The molecule has 0 aliphatic rings. The van der Waals surface area contributed by atoms with Crippen molar-refractivity contribution in [1.29, 1.82) is 0 Å². The first-order chi connectivity index (χ1) is 9.47. The summed E-state index contributed by atoms with van der Waals surface area (Å²) in [5, 5.41) is 10.2. The molecule has 2 aromatic rings. The molecule has 0 saturated carbocycles. The smallest absolute Gasteiger partial charge is 0.311 e. The van der Waals surface area contributed by atoms with Crippen molar-refractivity contribution >= 4 is 29.2 Å². The van der Waals surface area contributed by atoms with Crippen LogP contribution in [0, 0.1) is 5.82 Å². The van der Waals surface area contributed by atoms with Gasteiger partial charge in [-0.1, -0.05) is 35.3 Å². The molecule has 0 aliphatic heterocycles. The lowest BCUT2D eigenvalue weighted by Gasteiger charge is -2.15. The van der Waals surface area contributed by atoms with E-state index in [0.29, 0.717) is 15.6 Å². The van der Waals surface area contributed by atoms with E-state index in [0.717, 1.165) is 5.56 Å². The number of benzene rings is 2. The monoisotopic (exact) mass is 312 g/mol. The van der Waals surface area contributed by atoms with Crippen LogP contribution in [0.5, 0.6) is 0 Å². The molecule has 0 saturated heterocycles. The summed E-state index contributed by atoms with van der Waals surface area (Å²) in [5.41, 5.74) is 1.17. The highest BCUT2D eigenvalue weighted by atomic mass is 35.5. The highest BCUT2D eigenvalue weighted by molar-refractivity contribution is 6.33. The predicted molar refractivity (Wildman–Crippen MR) is 76.9 cm³/mol. The second-order valence-corrected chi connectivity index (χ2v) is 5.23. The fourth-order valence-corrected chi connectivity index (χ4v) is 2.40. The minimum Gasteiger partial charge on any atom is -0.481 e. The van der Waals surface area contributed by atoms with Crippen molar-refractivity contribution in [3.8, 4) is 0 Å². The molecule has 5 heteroatoms. The molecule has 0 fully saturated rings. The molecule has 1 unspecified atom stereocenters. The molecule has 104 valence electrons. The number of carboxylic acid groups (broad SMARTS) is 1. The van der Waals surface area contributed by atoms with Crippen molar-refractivity contribution in [2.75, 3.05) is 0 Å². The molecule has 1 atom stereocenters. The first-order valence-corrected chi connectivity index (χ1v) is 6.65. The summed E-state index contributed by atoms with van der Waals surface area (Å²) in [7, 11) is 0. The van der Waals surface area contributed by atoms with Crippen LogP contribution in [0.4, 0.5) is 4.39 Å². The van der Waals surface area contributed by atoms with Crippen LogP contribution >= 0.6 is 23.2 Å². The van der Waals surface area contributed by atoms with E-state index in [1.54, 1.807) is 30.3 Å². The van der Waals surface area contributed by atoms with E-state index in [1.165, 1.54) is 12.1 Å². The van der Waals surface area contributed by atoms with Crippen molar-refractivity contribution in [2.24, 2.45) is 0 Å². The Morgan fingerprint density at radius 1 is 1.15 bits per heavy atom. The van der Waals surface area contributed by atoms with Gasteiger partial charge in [-0.2, -0.15) is 0 Å². The Balaban J connectivity index is 2.34. The Bertz CT molecular complexity index is 626. The summed E-state index contributed by atoms with van der Waals surface area (Å²) in [5.74, 6) is -2.19. The lowest BCUT2D eigenvalue weighted by molar-refractivity contribution is -0.138. The summed E-state index contributed by atoms with van der Waals surface area (Å²) in [6.45, 7) is 0. The van der Waals surface area contributed by atoms with Crippen molar-refractivity contribution in [3.63, 3.8) is 0 Å². The lowest BCUT2D eigenvalue weighted by atomic mass is 9.92. The van der Waals surface area contributed by atoms with Gasteiger partial charge in [0.2, 0.25) is 0 Å². The van der Waals surface area contributed by atoms with Gasteiger partial charge in [0.15, 0.2) is 0 Å². The van der Waals surface area contributed by atoms with Gasteiger partial charge in [0.05, 0.1) is 5.92 Å². The normalized spacial score (nSPS) is 12.2. The maximum Gasteiger partial charge on any atom is 0.311 e. The van der Waals surface area contributed by atoms with Gasteiger partial charge in [-0.25, -0.2) is 4.39 Å². The zero-order valence-corrected chi connectivity index (χ0v) is 11.8. The standard InChI is InChI=1S/C15H11Cl2FO2/c16-10-3-6-14(17)12(8-10)13(15(19)20)7-9-1-4-11(18)5-2-9/h1-6,8,13H,7H2,(H,19,20). The Kier molecular flexibility index (Phi) is 4.63. The van der Waals surface area contributed by atoms with Gasteiger partial charge < -0.3 is 5.11 Å². The van der Waals surface area contributed by atoms with E-state index in [2.05, 4.69) is 0 Å². The van der Waals surface area contributed by atoms with Crippen LogP contribution in [-0.4, -0.2) is 11.1 Å². The average Bonchev–Trinajstić information content (AvgIpc) is 2.41. The molecule has 0 bridgehead atoms. The van der Waals surface area contributed by atoms with Crippen LogP contribution in [0.1, 0.15) is 17.0 Å². The highest BCUT2D eigenvalue weighted by Gasteiger charge is 2.23. The third-order valence-corrected chi connectivity index (χ3v) is 3.56. The van der Waals surface area contributed by atoms with Gasteiger partial charge in [0, 0.05) is 10.0 Å². The Morgan fingerprint density at radius 2 is 1.80 bits per heavy atom. The molecule has 0 amide bonds. The molecule has 0 spiro atoms. The maximum absolute atomic E-state index is 12.9. The maximum atomic E-state index is 12.9. The summed E-state index contributed by atoms with van der Waals surface area (Å²) < 4.78 is 12.9. The summed E-state index contributed by atoms with van der Waals surface area (Å²) in [6, 6.07) is 10.4. The fraction of sp³-hybridized carbons (Fsp3) is 0.133. The first kappa shape index (κ1) is 14.8. The Morgan fingerprint density at radius 3 is 2.40 bits per heavy atom. The minimum absolute atomic E-state index is 0.218. The highest BCUT2D eigenvalue weighted by Crippen LogP contribution is 2.30. The third-order valence-electron chi connectivity index (χ3n) is 2.98.